The molecule has 0 bridgehead atoms. The number of phenolic OH excluding ortho intramolecular Hbond substituents is 1. The van der Waals surface area contributed by atoms with E-state index in [1.165, 1.54) is 18.7 Å². The molecule has 0 fully saturated rings. The zero-order chi connectivity index (χ0) is 12.1. The van der Waals surface area contributed by atoms with Crippen LogP contribution < -0.4 is 10.2 Å². The van der Waals surface area contributed by atoms with E-state index in [1.54, 1.807) is 12.1 Å². The van der Waals surface area contributed by atoms with E-state index < -0.39 is 5.91 Å². The number of ether oxygens (including phenoxy) is 1. The Balaban J connectivity index is 3.29. The molecule has 16 heavy (non-hydrogen) atoms. The maximum atomic E-state index is 11.3. The van der Waals surface area contributed by atoms with Gasteiger partial charge in [-0.1, -0.05) is 6.08 Å². The zero-order valence-electron chi connectivity index (χ0n) is 8.86. The average Bonchev–Trinajstić information content (AvgIpc) is 2.30. The lowest BCUT2D eigenvalue weighted by atomic mass is 10.1. The van der Waals surface area contributed by atoms with Crippen molar-refractivity contribution in [3.8, 4) is 11.5 Å². The van der Waals surface area contributed by atoms with Crippen molar-refractivity contribution in [2.75, 3.05) is 7.11 Å². The lowest BCUT2D eigenvalue weighted by Gasteiger charge is -2.10. The van der Waals surface area contributed by atoms with Crippen LogP contribution in [0.25, 0.3) is 0 Å². The van der Waals surface area contributed by atoms with E-state index in [1.807, 2.05) is 0 Å². The van der Waals surface area contributed by atoms with E-state index >= 15 is 0 Å². The standard InChI is InChI=1S/C11H13NO4/c1-3-4-7-5-8(11(14)12-15)10(13)9(6-7)16-2/h3,5-6,13,15H,1,4H2,2H3,(H,12,14). The van der Waals surface area contributed by atoms with E-state index in [0.29, 0.717) is 6.42 Å². The molecule has 0 radical (unpaired) electrons. The maximum Gasteiger partial charge on any atom is 0.278 e. The number of nitrogens with one attached hydrogen (secondary N) is 1. The number of hydroxylamine groups is 1. The third kappa shape index (κ3) is 2.32. The Morgan fingerprint density at radius 1 is 1.62 bits per heavy atom. The number of methoxy groups -OCH3 is 1. The fraction of sp³-hybridized carbons (Fsp3) is 0.182. The fourth-order valence-electron chi connectivity index (χ4n) is 1.34. The van der Waals surface area contributed by atoms with Crippen molar-refractivity contribution in [3.63, 3.8) is 0 Å². The minimum Gasteiger partial charge on any atom is -0.504 e. The Labute approximate surface area is 92.9 Å². The van der Waals surface area contributed by atoms with E-state index in [2.05, 4.69) is 6.58 Å². The van der Waals surface area contributed by atoms with E-state index in [-0.39, 0.29) is 17.1 Å². The summed E-state index contributed by atoms with van der Waals surface area (Å²) in [7, 11) is 1.38. The molecule has 0 unspecified atom stereocenters. The maximum absolute atomic E-state index is 11.3. The summed E-state index contributed by atoms with van der Waals surface area (Å²) in [5, 5.41) is 18.2. The molecule has 0 spiro atoms. The van der Waals surface area contributed by atoms with Crippen molar-refractivity contribution in [1.29, 1.82) is 0 Å². The van der Waals surface area contributed by atoms with Gasteiger partial charge in [-0.05, 0) is 24.1 Å². The fourth-order valence-corrected chi connectivity index (χ4v) is 1.34. The van der Waals surface area contributed by atoms with Gasteiger partial charge in [-0.15, -0.1) is 6.58 Å². The summed E-state index contributed by atoms with van der Waals surface area (Å²) in [6, 6.07) is 3.07. The molecule has 0 saturated heterocycles. The van der Waals surface area contributed by atoms with Gasteiger partial charge in [0.05, 0.1) is 12.7 Å². The summed E-state index contributed by atoms with van der Waals surface area (Å²) in [5.41, 5.74) is 2.17. The molecule has 0 aliphatic carbocycles. The van der Waals surface area contributed by atoms with Crippen molar-refractivity contribution in [3.05, 3.63) is 35.9 Å². The zero-order valence-corrected chi connectivity index (χ0v) is 8.86. The average molecular weight is 223 g/mol. The van der Waals surface area contributed by atoms with Crippen molar-refractivity contribution >= 4 is 5.91 Å². The quantitative estimate of drug-likeness (QED) is 0.408. The molecular formula is C11H13NO4. The Hall–Kier alpha value is -2.01. The molecule has 1 aromatic rings. The number of benzene rings is 1. The minimum atomic E-state index is -0.790. The van der Waals surface area contributed by atoms with Crippen LogP contribution in [0, 0.1) is 0 Å². The van der Waals surface area contributed by atoms with Gasteiger partial charge in [0.25, 0.3) is 5.91 Å². The summed E-state index contributed by atoms with van der Waals surface area (Å²) in [5.74, 6) is -0.915. The molecule has 3 N–H and O–H groups in total. The van der Waals surface area contributed by atoms with Gasteiger partial charge in [-0.25, -0.2) is 5.48 Å². The van der Waals surface area contributed by atoms with Crippen molar-refractivity contribution in [1.82, 2.24) is 5.48 Å². The summed E-state index contributed by atoms with van der Waals surface area (Å²) >= 11 is 0. The molecule has 0 heterocycles. The number of hydrogen-bond acceptors (Lipinski definition) is 4. The van der Waals surface area contributed by atoms with Crippen LogP contribution in [-0.2, 0) is 6.42 Å². The molecule has 1 aromatic carbocycles. The minimum absolute atomic E-state index is 0.0429. The van der Waals surface area contributed by atoms with Crippen LogP contribution in [0.4, 0.5) is 0 Å². The molecule has 5 nitrogen and oxygen atoms in total. The van der Waals surface area contributed by atoms with E-state index in [4.69, 9.17) is 9.94 Å². The van der Waals surface area contributed by atoms with E-state index in [9.17, 15) is 9.90 Å². The first-order valence-electron chi connectivity index (χ1n) is 4.59. The molecule has 86 valence electrons. The first-order valence-corrected chi connectivity index (χ1v) is 4.59. The number of rotatable bonds is 4. The van der Waals surface area contributed by atoms with Gasteiger partial charge in [0.1, 0.15) is 0 Å². The van der Waals surface area contributed by atoms with Gasteiger partial charge >= 0.3 is 0 Å². The van der Waals surface area contributed by atoms with Crippen LogP contribution >= 0.6 is 0 Å². The number of aromatic hydroxyl groups is 1. The number of carbonyl (C=O) groups is 1. The third-order valence-corrected chi connectivity index (χ3v) is 2.08. The monoisotopic (exact) mass is 223 g/mol. The van der Waals surface area contributed by atoms with E-state index in [0.717, 1.165) is 5.56 Å². The highest BCUT2D eigenvalue weighted by molar-refractivity contribution is 5.97. The largest absolute Gasteiger partial charge is 0.504 e. The second-order valence-corrected chi connectivity index (χ2v) is 3.13. The van der Waals surface area contributed by atoms with Crippen LogP contribution in [-0.4, -0.2) is 23.3 Å². The first-order chi connectivity index (χ1) is 7.63. The molecule has 0 saturated carbocycles. The van der Waals surface area contributed by atoms with Crippen molar-refractivity contribution in [2.24, 2.45) is 0 Å². The number of allylic oxidation sites excluding steroid dienone is 1. The Morgan fingerprint density at radius 3 is 2.81 bits per heavy atom. The Kier molecular flexibility index (Phi) is 3.90. The Morgan fingerprint density at radius 2 is 2.31 bits per heavy atom. The molecule has 0 aliphatic heterocycles. The van der Waals surface area contributed by atoms with Crippen molar-refractivity contribution in [2.45, 2.75) is 6.42 Å². The highest BCUT2D eigenvalue weighted by Crippen LogP contribution is 2.31. The van der Waals surface area contributed by atoms with Gasteiger partial charge < -0.3 is 9.84 Å². The van der Waals surface area contributed by atoms with Gasteiger partial charge in [-0.2, -0.15) is 0 Å². The summed E-state index contributed by atoms with van der Waals surface area (Å²) in [6.07, 6.45) is 2.19. The molecule has 1 rings (SSSR count). The highest BCUT2D eigenvalue weighted by Gasteiger charge is 2.16. The summed E-state index contributed by atoms with van der Waals surface area (Å²) < 4.78 is 4.92. The second-order valence-electron chi connectivity index (χ2n) is 3.13. The normalized spacial score (nSPS) is 9.62. The highest BCUT2D eigenvalue weighted by atomic mass is 16.5. The van der Waals surface area contributed by atoms with Gasteiger partial charge in [0.2, 0.25) is 0 Å². The first kappa shape index (κ1) is 12.1. The number of amides is 1. The van der Waals surface area contributed by atoms with Crippen LogP contribution in [0.2, 0.25) is 0 Å². The predicted molar refractivity (Wildman–Crippen MR) is 57.8 cm³/mol. The summed E-state index contributed by atoms with van der Waals surface area (Å²) in [6.45, 7) is 3.58. The topological polar surface area (TPSA) is 78.8 Å². The second kappa shape index (κ2) is 5.18. The van der Waals surface area contributed by atoms with Crippen molar-refractivity contribution < 1.29 is 19.8 Å². The predicted octanol–water partition coefficient (Wildman–Crippen LogP) is 1.25. The Bertz CT molecular complexity index is 415. The molecule has 1 amide bonds. The lowest BCUT2D eigenvalue weighted by molar-refractivity contribution is 0.0702. The van der Waals surface area contributed by atoms with Crippen LogP contribution in [0.5, 0.6) is 11.5 Å². The SMILES string of the molecule is C=CCc1cc(OC)c(O)c(C(=O)NO)c1. The van der Waals surface area contributed by atoms with Gasteiger partial charge in [-0.3, -0.25) is 10.0 Å². The number of hydrogen-bond donors (Lipinski definition) is 3. The smallest absolute Gasteiger partial charge is 0.278 e. The van der Waals surface area contributed by atoms with Crippen LogP contribution in [0.3, 0.4) is 0 Å². The molecule has 0 aliphatic rings. The van der Waals surface area contributed by atoms with Crippen LogP contribution in [0.15, 0.2) is 24.8 Å². The lowest BCUT2D eigenvalue weighted by Crippen LogP contribution is -2.19. The molecule has 0 aromatic heterocycles. The molecule has 0 atom stereocenters. The number of phenols is 1. The van der Waals surface area contributed by atoms with Gasteiger partial charge in [0, 0.05) is 0 Å². The van der Waals surface area contributed by atoms with Gasteiger partial charge in [0.15, 0.2) is 11.5 Å². The molecular weight excluding hydrogens is 210 g/mol. The number of carbonyl (C=O) groups excluding carboxylic acids is 1. The summed E-state index contributed by atoms with van der Waals surface area (Å²) in [4.78, 5) is 11.3. The third-order valence-electron chi connectivity index (χ3n) is 2.08. The van der Waals surface area contributed by atoms with Crippen LogP contribution in [0.1, 0.15) is 15.9 Å². The molecule has 5 heteroatoms.